The van der Waals surface area contributed by atoms with Gasteiger partial charge in [-0.3, -0.25) is 4.79 Å². The number of carbonyl (C=O) groups excluding carboxylic acids is 1. The van der Waals surface area contributed by atoms with Crippen molar-refractivity contribution in [3.05, 3.63) is 0 Å². The van der Waals surface area contributed by atoms with Gasteiger partial charge in [0.05, 0.1) is 24.8 Å². The van der Waals surface area contributed by atoms with Gasteiger partial charge in [0, 0.05) is 6.54 Å². The third-order valence-electron chi connectivity index (χ3n) is 3.60. The molecular formula is C12H22N2O3. The Kier molecular flexibility index (Phi) is 3.70. The van der Waals surface area contributed by atoms with Gasteiger partial charge in [-0.05, 0) is 18.8 Å². The molecule has 0 unspecified atom stereocenters. The predicted octanol–water partition coefficient (Wildman–Crippen LogP) is -0.280. The molecule has 4 atom stereocenters. The van der Waals surface area contributed by atoms with Crippen molar-refractivity contribution in [2.24, 2.45) is 11.7 Å². The molecule has 2 saturated heterocycles. The number of fused-ring (bicyclic) bond motifs is 1. The molecule has 98 valence electrons. The second kappa shape index (κ2) is 4.92. The lowest BCUT2D eigenvalue weighted by Gasteiger charge is -2.28. The zero-order chi connectivity index (χ0) is 12.6. The van der Waals surface area contributed by atoms with Gasteiger partial charge >= 0.3 is 0 Å². The molecule has 2 fully saturated rings. The molecule has 5 heteroatoms. The number of nitrogens with two attached hydrogens (primary N) is 1. The Morgan fingerprint density at radius 3 is 2.94 bits per heavy atom. The molecule has 0 aromatic carbocycles. The van der Waals surface area contributed by atoms with Crippen molar-refractivity contribution in [1.82, 2.24) is 4.90 Å². The van der Waals surface area contributed by atoms with Gasteiger partial charge < -0.3 is 20.5 Å². The Hall–Kier alpha value is -0.650. The van der Waals surface area contributed by atoms with E-state index in [0.29, 0.717) is 25.5 Å². The molecule has 2 rings (SSSR count). The third kappa shape index (κ3) is 2.46. The van der Waals surface area contributed by atoms with Crippen molar-refractivity contribution in [2.45, 2.75) is 51.0 Å². The van der Waals surface area contributed by atoms with Crippen LogP contribution >= 0.6 is 0 Å². The highest BCUT2D eigenvalue weighted by Crippen LogP contribution is 2.30. The number of carbonyl (C=O) groups is 1. The second-order valence-electron chi connectivity index (χ2n) is 5.49. The first-order chi connectivity index (χ1) is 8.00. The largest absolute Gasteiger partial charge is 0.388 e. The molecule has 0 saturated carbocycles. The van der Waals surface area contributed by atoms with Crippen molar-refractivity contribution in [1.29, 1.82) is 0 Å². The molecule has 0 radical (unpaired) electrons. The zero-order valence-electron chi connectivity index (χ0n) is 10.5. The van der Waals surface area contributed by atoms with E-state index >= 15 is 0 Å². The number of rotatable bonds is 3. The lowest BCUT2D eigenvalue weighted by Crippen LogP contribution is -2.50. The van der Waals surface area contributed by atoms with E-state index in [1.165, 1.54) is 0 Å². The van der Waals surface area contributed by atoms with E-state index < -0.39 is 12.1 Å². The minimum Gasteiger partial charge on any atom is -0.388 e. The first-order valence-corrected chi connectivity index (χ1v) is 6.36. The number of ether oxygens (including phenoxy) is 1. The molecular weight excluding hydrogens is 220 g/mol. The fourth-order valence-corrected chi connectivity index (χ4v) is 2.82. The minimum atomic E-state index is -0.558. The predicted molar refractivity (Wildman–Crippen MR) is 63.3 cm³/mol. The van der Waals surface area contributed by atoms with E-state index in [0.717, 1.165) is 6.42 Å². The second-order valence-corrected chi connectivity index (χ2v) is 5.49. The van der Waals surface area contributed by atoms with Gasteiger partial charge in [-0.25, -0.2) is 0 Å². The van der Waals surface area contributed by atoms with Crippen molar-refractivity contribution in [3.63, 3.8) is 0 Å². The highest BCUT2D eigenvalue weighted by Gasteiger charge is 2.47. The van der Waals surface area contributed by atoms with Crippen LogP contribution in [0.25, 0.3) is 0 Å². The van der Waals surface area contributed by atoms with Gasteiger partial charge in [-0.1, -0.05) is 13.8 Å². The van der Waals surface area contributed by atoms with Crippen LogP contribution in [-0.2, 0) is 9.53 Å². The molecule has 5 nitrogen and oxygen atoms in total. The summed E-state index contributed by atoms with van der Waals surface area (Å²) < 4.78 is 5.45. The molecule has 1 amide bonds. The first-order valence-electron chi connectivity index (χ1n) is 6.36. The molecule has 17 heavy (non-hydrogen) atoms. The monoisotopic (exact) mass is 242 g/mol. The maximum absolute atomic E-state index is 12.2. The number of hydrogen-bond acceptors (Lipinski definition) is 4. The van der Waals surface area contributed by atoms with E-state index in [2.05, 4.69) is 0 Å². The number of amides is 1. The van der Waals surface area contributed by atoms with Crippen molar-refractivity contribution >= 4 is 5.91 Å². The van der Waals surface area contributed by atoms with E-state index in [-0.39, 0.29) is 18.1 Å². The summed E-state index contributed by atoms with van der Waals surface area (Å²) in [4.78, 5) is 13.9. The smallest absolute Gasteiger partial charge is 0.239 e. The van der Waals surface area contributed by atoms with Crippen molar-refractivity contribution in [2.75, 3.05) is 13.2 Å². The van der Waals surface area contributed by atoms with Gasteiger partial charge in [0.15, 0.2) is 0 Å². The highest BCUT2D eigenvalue weighted by molar-refractivity contribution is 5.82. The Bertz CT molecular complexity index is 295. The van der Waals surface area contributed by atoms with Crippen LogP contribution in [0.3, 0.4) is 0 Å². The Labute approximate surface area is 102 Å². The summed E-state index contributed by atoms with van der Waals surface area (Å²) >= 11 is 0. The summed E-state index contributed by atoms with van der Waals surface area (Å²) in [5.74, 6) is 0.354. The molecule has 2 aliphatic rings. The third-order valence-corrected chi connectivity index (χ3v) is 3.60. The quantitative estimate of drug-likeness (QED) is 0.714. The van der Waals surface area contributed by atoms with E-state index in [1.807, 2.05) is 13.8 Å². The minimum absolute atomic E-state index is 0.000185. The summed E-state index contributed by atoms with van der Waals surface area (Å²) in [6, 6.07) is -0.637. The SMILES string of the molecule is CC(C)C[C@H](N)C(=O)N1CC[C@H]2OC[C@H](O)[C@H]21. The average molecular weight is 242 g/mol. The number of hydrogen-bond donors (Lipinski definition) is 2. The average Bonchev–Trinajstić information content (AvgIpc) is 2.80. The van der Waals surface area contributed by atoms with E-state index in [1.54, 1.807) is 4.90 Å². The normalized spacial score (nSPS) is 34.2. The van der Waals surface area contributed by atoms with Crippen LogP contribution in [0.4, 0.5) is 0 Å². The highest BCUT2D eigenvalue weighted by atomic mass is 16.5. The fourth-order valence-electron chi connectivity index (χ4n) is 2.82. The number of likely N-dealkylation sites (tertiary alicyclic amines) is 1. The molecule has 2 aliphatic heterocycles. The van der Waals surface area contributed by atoms with Crippen LogP contribution < -0.4 is 5.73 Å². The van der Waals surface area contributed by atoms with E-state index in [4.69, 9.17) is 10.5 Å². The lowest BCUT2D eigenvalue weighted by molar-refractivity contribution is -0.135. The van der Waals surface area contributed by atoms with Crippen LogP contribution in [-0.4, -0.2) is 53.4 Å². The van der Waals surface area contributed by atoms with Gasteiger partial charge in [-0.2, -0.15) is 0 Å². The first kappa shape index (κ1) is 12.8. The molecule has 0 aromatic rings. The number of aliphatic hydroxyl groups excluding tert-OH is 1. The molecule has 3 N–H and O–H groups in total. The maximum Gasteiger partial charge on any atom is 0.239 e. The fraction of sp³-hybridized carbons (Fsp3) is 0.917. The van der Waals surface area contributed by atoms with Crippen molar-refractivity contribution < 1.29 is 14.6 Å². The zero-order valence-corrected chi connectivity index (χ0v) is 10.5. The summed E-state index contributed by atoms with van der Waals surface area (Å²) in [6.07, 6.45) is 0.934. The number of aliphatic hydroxyl groups is 1. The van der Waals surface area contributed by atoms with Crippen LogP contribution in [0, 0.1) is 5.92 Å². The van der Waals surface area contributed by atoms with Crippen molar-refractivity contribution in [3.8, 4) is 0 Å². The molecule has 0 bridgehead atoms. The standard InChI is InChI=1S/C12H22N2O3/c1-7(2)5-8(13)12(16)14-4-3-10-11(14)9(15)6-17-10/h7-11,15H,3-6,13H2,1-2H3/t8-,9-,10+,11+/m0/s1. The molecule has 0 aliphatic carbocycles. The van der Waals surface area contributed by atoms with Gasteiger partial charge in [0.2, 0.25) is 5.91 Å². The molecule has 0 aromatic heterocycles. The summed E-state index contributed by atoms with van der Waals surface area (Å²) in [7, 11) is 0. The number of nitrogens with zero attached hydrogens (tertiary/aromatic N) is 1. The summed E-state index contributed by atoms with van der Waals surface area (Å²) in [6.45, 7) is 5.08. The summed E-state index contributed by atoms with van der Waals surface area (Å²) in [5, 5.41) is 9.82. The Balaban J connectivity index is 2.00. The van der Waals surface area contributed by atoms with Crippen LogP contribution in [0.1, 0.15) is 26.7 Å². The lowest BCUT2D eigenvalue weighted by atomic mass is 10.0. The van der Waals surface area contributed by atoms with Crippen LogP contribution in [0.5, 0.6) is 0 Å². The summed E-state index contributed by atoms with van der Waals surface area (Å²) in [5.41, 5.74) is 5.91. The maximum atomic E-state index is 12.2. The Morgan fingerprint density at radius 1 is 1.59 bits per heavy atom. The van der Waals surface area contributed by atoms with Crippen LogP contribution in [0.15, 0.2) is 0 Å². The van der Waals surface area contributed by atoms with Gasteiger partial charge in [-0.15, -0.1) is 0 Å². The topological polar surface area (TPSA) is 75.8 Å². The van der Waals surface area contributed by atoms with Gasteiger partial charge in [0.25, 0.3) is 0 Å². The van der Waals surface area contributed by atoms with E-state index in [9.17, 15) is 9.90 Å². The Morgan fingerprint density at radius 2 is 2.29 bits per heavy atom. The van der Waals surface area contributed by atoms with Crippen LogP contribution in [0.2, 0.25) is 0 Å². The molecule has 2 heterocycles. The molecule has 0 spiro atoms. The van der Waals surface area contributed by atoms with Gasteiger partial charge in [0.1, 0.15) is 6.10 Å².